The number of hydrogen-bond acceptors (Lipinski definition) is 2. The van der Waals surface area contributed by atoms with E-state index in [0.717, 1.165) is 5.56 Å². The highest BCUT2D eigenvalue weighted by Gasteiger charge is 2.19. The van der Waals surface area contributed by atoms with E-state index in [1.807, 2.05) is 30.3 Å². The standard InChI is InChI=1S/C13H14O4/c14-12(15)9-11(13(16)17)8-4-7-10-5-2-1-3-6-10/h1-7,11H,8-9H2,(H,14,15)(H,16,17)/b7-4+. The number of carbonyl (C=O) groups is 2. The van der Waals surface area contributed by atoms with Gasteiger partial charge in [0.1, 0.15) is 0 Å². The molecule has 0 saturated carbocycles. The lowest BCUT2D eigenvalue weighted by atomic mass is 10.0. The lowest BCUT2D eigenvalue weighted by molar-refractivity contribution is -0.148. The van der Waals surface area contributed by atoms with Crippen LogP contribution in [0.25, 0.3) is 6.08 Å². The van der Waals surface area contributed by atoms with Gasteiger partial charge in [0.15, 0.2) is 0 Å². The smallest absolute Gasteiger partial charge is 0.307 e. The van der Waals surface area contributed by atoms with Crippen molar-refractivity contribution in [3.05, 3.63) is 42.0 Å². The average molecular weight is 234 g/mol. The molecule has 4 heteroatoms. The van der Waals surface area contributed by atoms with Crippen LogP contribution in [0, 0.1) is 5.92 Å². The van der Waals surface area contributed by atoms with Gasteiger partial charge in [0.25, 0.3) is 0 Å². The topological polar surface area (TPSA) is 74.6 Å². The predicted octanol–water partition coefficient (Wildman–Crippen LogP) is 2.27. The van der Waals surface area contributed by atoms with Gasteiger partial charge in [0, 0.05) is 0 Å². The van der Waals surface area contributed by atoms with Crippen LogP contribution in [0.2, 0.25) is 0 Å². The average Bonchev–Trinajstić information content (AvgIpc) is 2.28. The minimum Gasteiger partial charge on any atom is -0.481 e. The SMILES string of the molecule is O=C(O)CC(C/C=C/c1ccccc1)C(=O)O. The van der Waals surface area contributed by atoms with Gasteiger partial charge in [0.2, 0.25) is 0 Å². The first-order valence-electron chi connectivity index (χ1n) is 5.26. The second kappa shape index (κ2) is 6.48. The van der Waals surface area contributed by atoms with Crippen molar-refractivity contribution >= 4 is 18.0 Å². The molecule has 0 bridgehead atoms. The van der Waals surface area contributed by atoms with Gasteiger partial charge in [-0.15, -0.1) is 0 Å². The Kier molecular flexibility index (Phi) is 4.94. The number of benzene rings is 1. The van der Waals surface area contributed by atoms with Crippen molar-refractivity contribution in [1.29, 1.82) is 0 Å². The molecule has 1 aromatic carbocycles. The summed E-state index contributed by atoms with van der Waals surface area (Å²) < 4.78 is 0. The summed E-state index contributed by atoms with van der Waals surface area (Å²) >= 11 is 0. The third-order valence-corrected chi connectivity index (χ3v) is 2.30. The molecule has 0 spiro atoms. The molecular formula is C13H14O4. The van der Waals surface area contributed by atoms with E-state index in [1.54, 1.807) is 12.2 Å². The molecule has 1 atom stereocenters. The summed E-state index contributed by atoms with van der Waals surface area (Å²) in [5, 5.41) is 17.4. The maximum atomic E-state index is 10.8. The number of allylic oxidation sites excluding steroid dienone is 1. The molecule has 1 unspecified atom stereocenters. The minimum atomic E-state index is -1.09. The summed E-state index contributed by atoms with van der Waals surface area (Å²) in [6.45, 7) is 0. The van der Waals surface area contributed by atoms with Crippen LogP contribution in [-0.2, 0) is 9.59 Å². The van der Waals surface area contributed by atoms with Crippen LogP contribution in [0.15, 0.2) is 36.4 Å². The first-order valence-corrected chi connectivity index (χ1v) is 5.26. The third kappa shape index (κ3) is 4.97. The molecule has 1 rings (SSSR count). The highest BCUT2D eigenvalue weighted by atomic mass is 16.4. The summed E-state index contributed by atoms with van der Waals surface area (Å²) in [5.41, 5.74) is 0.965. The molecule has 1 aromatic rings. The van der Waals surface area contributed by atoms with E-state index >= 15 is 0 Å². The van der Waals surface area contributed by atoms with Crippen molar-refractivity contribution < 1.29 is 19.8 Å². The van der Waals surface area contributed by atoms with Crippen LogP contribution in [0.1, 0.15) is 18.4 Å². The fraction of sp³-hybridized carbons (Fsp3) is 0.231. The fourth-order valence-electron chi connectivity index (χ4n) is 1.41. The molecule has 0 radical (unpaired) electrons. The summed E-state index contributed by atoms with van der Waals surface area (Å²) in [5.74, 6) is -3.04. The summed E-state index contributed by atoms with van der Waals surface area (Å²) in [7, 11) is 0. The molecule has 0 fully saturated rings. The van der Waals surface area contributed by atoms with E-state index in [4.69, 9.17) is 10.2 Å². The quantitative estimate of drug-likeness (QED) is 0.791. The Morgan fingerprint density at radius 2 is 1.82 bits per heavy atom. The number of hydrogen-bond donors (Lipinski definition) is 2. The Morgan fingerprint density at radius 3 is 2.35 bits per heavy atom. The highest BCUT2D eigenvalue weighted by molar-refractivity contribution is 5.78. The molecule has 0 aliphatic rings. The largest absolute Gasteiger partial charge is 0.481 e. The molecule has 0 aliphatic carbocycles. The van der Waals surface area contributed by atoms with Crippen molar-refractivity contribution in [2.45, 2.75) is 12.8 Å². The summed E-state index contributed by atoms with van der Waals surface area (Å²) in [6, 6.07) is 9.44. The van der Waals surface area contributed by atoms with Crippen LogP contribution >= 0.6 is 0 Å². The van der Waals surface area contributed by atoms with Crippen molar-refractivity contribution in [3.63, 3.8) is 0 Å². The lowest BCUT2D eigenvalue weighted by Gasteiger charge is -2.05. The summed E-state index contributed by atoms with van der Waals surface area (Å²) in [4.78, 5) is 21.2. The van der Waals surface area contributed by atoms with Crippen LogP contribution in [0.5, 0.6) is 0 Å². The molecule has 0 heterocycles. The fourth-order valence-corrected chi connectivity index (χ4v) is 1.41. The monoisotopic (exact) mass is 234 g/mol. The number of carboxylic acids is 2. The molecular weight excluding hydrogens is 220 g/mol. The van der Waals surface area contributed by atoms with Crippen molar-refractivity contribution in [1.82, 2.24) is 0 Å². The predicted molar refractivity (Wildman–Crippen MR) is 63.5 cm³/mol. The van der Waals surface area contributed by atoms with Gasteiger partial charge in [-0.3, -0.25) is 9.59 Å². The highest BCUT2D eigenvalue weighted by Crippen LogP contribution is 2.11. The van der Waals surface area contributed by atoms with Crippen LogP contribution in [-0.4, -0.2) is 22.2 Å². The van der Waals surface area contributed by atoms with Crippen LogP contribution < -0.4 is 0 Å². The number of rotatable bonds is 6. The van der Waals surface area contributed by atoms with Crippen molar-refractivity contribution in [3.8, 4) is 0 Å². The van der Waals surface area contributed by atoms with Gasteiger partial charge in [-0.05, 0) is 12.0 Å². The Morgan fingerprint density at radius 1 is 1.18 bits per heavy atom. The van der Waals surface area contributed by atoms with Gasteiger partial charge in [-0.2, -0.15) is 0 Å². The molecule has 4 nitrogen and oxygen atoms in total. The van der Waals surface area contributed by atoms with Crippen molar-refractivity contribution in [2.75, 3.05) is 0 Å². The normalized spacial score (nSPS) is 12.5. The van der Waals surface area contributed by atoms with Gasteiger partial charge < -0.3 is 10.2 Å². The molecule has 0 aliphatic heterocycles. The van der Waals surface area contributed by atoms with Crippen LogP contribution in [0.3, 0.4) is 0 Å². The van der Waals surface area contributed by atoms with E-state index in [9.17, 15) is 9.59 Å². The first kappa shape index (κ1) is 13.0. The maximum Gasteiger partial charge on any atom is 0.307 e. The van der Waals surface area contributed by atoms with Gasteiger partial charge >= 0.3 is 11.9 Å². The van der Waals surface area contributed by atoms with E-state index in [2.05, 4.69) is 0 Å². The van der Waals surface area contributed by atoms with E-state index in [1.165, 1.54) is 0 Å². The zero-order valence-electron chi connectivity index (χ0n) is 9.24. The Labute approximate surface area is 99.2 Å². The lowest BCUT2D eigenvalue weighted by Crippen LogP contribution is -2.16. The second-order valence-corrected chi connectivity index (χ2v) is 3.68. The van der Waals surface area contributed by atoms with Gasteiger partial charge in [0.05, 0.1) is 12.3 Å². The molecule has 0 saturated heterocycles. The Bertz CT molecular complexity index is 409. The molecule has 17 heavy (non-hydrogen) atoms. The zero-order valence-corrected chi connectivity index (χ0v) is 9.24. The summed E-state index contributed by atoms with van der Waals surface area (Å²) in [6.07, 6.45) is 3.35. The Hall–Kier alpha value is -2.10. The Balaban J connectivity index is 2.55. The van der Waals surface area contributed by atoms with E-state index < -0.39 is 17.9 Å². The van der Waals surface area contributed by atoms with Gasteiger partial charge in [-0.1, -0.05) is 42.5 Å². The molecule has 90 valence electrons. The van der Waals surface area contributed by atoms with E-state index in [0.29, 0.717) is 0 Å². The minimum absolute atomic E-state index is 0.219. The maximum absolute atomic E-state index is 10.8. The number of carboxylic acid groups (broad SMARTS) is 2. The first-order chi connectivity index (χ1) is 8.09. The molecule has 0 amide bonds. The number of aliphatic carboxylic acids is 2. The van der Waals surface area contributed by atoms with Crippen LogP contribution in [0.4, 0.5) is 0 Å². The van der Waals surface area contributed by atoms with Gasteiger partial charge in [-0.25, -0.2) is 0 Å². The van der Waals surface area contributed by atoms with Crippen molar-refractivity contribution in [2.24, 2.45) is 5.92 Å². The molecule has 0 aromatic heterocycles. The van der Waals surface area contributed by atoms with E-state index in [-0.39, 0.29) is 12.8 Å². The molecule has 2 N–H and O–H groups in total. The zero-order chi connectivity index (χ0) is 12.7. The second-order valence-electron chi connectivity index (χ2n) is 3.68. The third-order valence-electron chi connectivity index (χ3n) is 2.30.